The highest BCUT2D eigenvalue weighted by atomic mass is 32.2. The molecule has 2 heterocycles. The number of hydrogen-bond acceptors (Lipinski definition) is 7. The molecule has 0 bridgehead atoms. The first-order valence-corrected chi connectivity index (χ1v) is 13.0. The van der Waals surface area contributed by atoms with Gasteiger partial charge in [0, 0.05) is 25.6 Å². The smallest absolute Gasteiger partial charge is 0.414 e. The van der Waals surface area contributed by atoms with Crippen molar-refractivity contribution in [2.24, 2.45) is 0 Å². The number of alkyl halides is 1. The second kappa shape index (κ2) is 10.6. The maximum atomic E-state index is 15.0. The van der Waals surface area contributed by atoms with Gasteiger partial charge >= 0.3 is 6.09 Å². The molecule has 2 aliphatic rings. The van der Waals surface area contributed by atoms with E-state index in [4.69, 9.17) is 8.92 Å². The van der Waals surface area contributed by atoms with Gasteiger partial charge in [-0.1, -0.05) is 18.2 Å². The molecule has 0 aromatic heterocycles. The number of piperidine rings is 1. The molecule has 13 heteroatoms. The highest BCUT2D eigenvalue weighted by Crippen LogP contribution is 2.34. The molecule has 2 aromatic carbocycles. The molecule has 0 aliphatic carbocycles. The molecule has 2 amide bonds. The summed E-state index contributed by atoms with van der Waals surface area (Å²) in [6, 6.07) is 8.02. The van der Waals surface area contributed by atoms with E-state index in [1.54, 1.807) is 19.1 Å². The van der Waals surface area contributed by atoms with Gasteiger partial charge in [-0.25, -0.2) is 18.0 Å². The van der Waals surface area contributed by atoms with E-state index in [1.165, 1.54) is 19.1 Å². The summed E-state index contributed by atoms with van der Waals surface area (Å²) in [5.74, 6) is -2.36. The van der Waals surface area contributed by atoms with Crippen molar-refractivity contribution in [3.8, 4) is 0 Å². The van der Waals surface area contributed by atoms with Gasteiger partial charge in [-0.2, -0.15) is 8.42 Å². The fraction of sp³-hybridized carbons (Fsp3) is 0.417. The molecule has 3 unspecified atom stereocenters. The third kappa shape index (κ3) is 5.82. The van der Waals surface area contributed by atoms with Crippen molar-refractivity contribution in [2.75, 3.05) is 36.0 Å². The van der Waals surface area contributed by atoms with Gasteiger partial charge in [-0.15, -0.1) is 0 Å². The molecule has 2 saturated heterocycles. The van der Waals surface area contributed by atoms with Crippen LogP contribution in [-0.2, 0) is 23.8 Å². The van der Waals surface area contributed by atoms with Crippen LogP contribution >= 0.6 is 0 Å². The van der Waals surface area contributed by atoms with Gasteiger partial charge in [0.25, 0.3) is 10.1 Å². The Morgan fingerprint density at radius 3 is 2.49 bits per heavy atom. The lowest BCUT2D eigenvalue weighted by molar-refractivity contribution is -0.119. The van der Waals surface area contributed by atoms with Crippen LogP contribution in [0.25, 0.3) is 0 Å². The third-order valence-electron chi connectivity index (χ3n) is 6.18. The summed E-state index contributed by atoms with van der Waals surface area (Å²) < 4.78 is 80.5. The Labute approximate surface area is 212 Å². The van der Waals surface area contributed by atoms with Crippen molar-refractivity contribution in [1.82, 2.24) is 5.32 Å². The van der Waals surface area contributed by atoms with Crippen LogP contribution in [-0.4, -0.2) is 65.0 Å². The first-order chi connectivity index (χ1) is 17.5. The lowest BCUT2D eigenvalue weighted by Gasteiger charge is -2.36. The summed E-state index contributed by atoms with van der Waals surface area (Å²) in [5.41, 5.74) is -0.134. The van der Waals surface area contributed by atoms with Crippen LogP contribution in [0.3, 0.4) is 0 Å². The quantitative estimate of drug-likeness (QED) is 0.538. The van der Waals surface area contributed by atoms with Crippen molar-refractivity contribution in [1.29, 1.82) is 0 Å². The van der Waals surface area contributed by atoms with Crippen LogP contribution < -0.4 is 15.1 Å². The molecule has 1 N–H and O–H groups in total. The Balaban J connectivity index is 1.45. The molecule has 200 valence electrons. The summed E-state index contributed by atoms with van der Waals surface area (Å²) in [6.07, 6.45) is -4.79. The fourth-order valence-corrected chi connectivity index (χ4v) is 5.71. The van der Waals surface area contributed by atoms with E-state index in [1.807, 2.05) is 0 Å². The first-order valence-electron chi connectivity index (χ1n) is 11.6. The Morgan fingerprint density at radius 1 is 1.19 bits per heavy atom. The van der Waals surface area contributed by atoms with Crippen LogP contribution in [0.1, 0.15) is 18.9 Å². The van der Waals surface area contributed by atoms with Crippen LogP contribution in [0, 0.1) is 18.6 Å². The molecule has 0 saturated carbocycles. The Morgan fingerprint density at radius 2 is 1.86 bits per heavy atom. The summed E-state index contributed by atoms with van der Waals surface area (Å²) in [5, 5.41) is 2.51. The molecule has 4 rings (SSSR count). The van der Waals surface area contributed by atoms with Crippen molar-refractivity contribution in [3.63, 3.8) is 0 Å². The maximum Gasteiger partial charge on any atom is 0.414 e. The first kappa shape index (κ1) is 26.7. The zero-order chi connectivity index (χ0) is 26.9. The minimum absolute atomic E-state index is 0.0258. The topological polar surface area (TPSA) is 105 Å². The number of cyclic esters (lactones) is 1. The standard InChI is InChI=1S/C24H26F3N3O6S/c1-14-5-3-4-6-22(14)37(33,34)36-21-7-8-29(13-20(21)27)23-18(25)9-16(10-19(23)26)30-12-17(35-24(30)32)11-28-15(2)31/h3-6,9-10,17,20-21H,7-8,11-13H2,1-2H3,(H,28,31). The lowest BCUT2D eigenvalue weighted by Crippen LogP contribution is -2.47. The molecular formula is C24H26F3N3O6S. The van der Waals surface area contributed by atoms with E-state index in [9.17, 15) is 22.4 Å². The number of benzene rings is 2. The molecular weight excluding hydrogens is 515 g/mol. The maximum absolute atomic E-state index is 15.0. The molecule has 2 fully saturated rings. The normalized spacial score (nSPS) is 22.2. The van der Waals surface area contributed by atoms with E-state index < -0.39 is 58.5 Å². The highest BCUT2D eigenvalue weighted by molar-refractivity contribution is 7.86. The Hall–Kier alpha value is -3.32. The van der Waals surface area contributed by atoms with Gasteiger partial charge in [0.1, 0.15) is 24.1 Å². The van der Waals surface area contributed by atoms with Crippen LogP contribution in [0.4, 0.5) is 29.3 Å². The monoisotopic (exact) mass is 541 g/mol. The van der Waals surface area contributed by atoms with Crippen LogP contribution in [0.15, 0.2) is 41.3 Å². The number of hydrogen-bond donors (Lipinski definition) is 1. The van der Waals surface area contributed by atoms with E-state index >= 15 is 8.78 Å². The van der Waals surface area contributed by atoms with Crippen molar-refractivity contribution >= 4 is 33.5 Å². The molecule has 9 nitrogen and oxygen atoms in total. The Kier molecular flexibility index (Phi) is 7.64. The van der Waals surface area contributed by atoms with E-state index in [0.717, 1.165) is 21.9 Å². The highest BCUT2D eigenvalue weighted by Gasteiger charge is 2.37. The van der Waals surface area contributed by atoms with Crippen molar-refractivity contribution < 1.29 is 40.1 Å². The zero-order valence-electron chi connectivity index (χ0n) is 20.1. The van der Waals surface area contributed by atoms with Crippen molar-refractivity contribution in [2.45, 2.75) is 43.5 Å². The average molecular weight is 542 g/mol. The molecule has 37 heavy (non-hydrogen) atoms. The number of ether oxygens (including phenoxy) is 1. The van der Waals surface area contributed by atoms with Crippen LogP contribution in [0.2, 0.25) is 0 Å². The minimum Gasteiger partial charge on any atom is -0.442 e. The molecule has 0 spiro atoms. The van der Waals surface area contributed by atoms with Gasteiger partial charge in [-0.05, 0) is 25.0 Å². The van der Waals surface area contributed by atoms with E-state index in [-0.39, 0.29) is 42.5 Å². The number of nitrogens with zero attached hydrogens (tertiary/aromatic N) is 2. The SMILES string of the molecule is CC(=O)NCC1CN(c2cc(F)c(N3CCC(OS(=O)(=O)c4ccccc4C)C(F)C3)c(F)c2)C(=O)O1. The summed E-state index contributed by atoms with van der Waals surface area (Å²) in [4.78, 5) is 25.4. The van der Waals surface area contributed by atoms with Gasteiger partial charge in [0.05, 0.1) is 30.2 Å². The Bertz CT molecular complexity index is 1290. The molecule has 2 aliphatic heterocycles. The summed E-state index contributed by atoms with van der Waals surface area (Å²) in [7, 11) is -4.23. The van der Waals surface area contributed by atoms with E-state index in [2.05, 4.69) is 5.32 Å². The number of aryl methyl sites for hydroxylation is 1. The number of carbonyl (C=O) groups excluding carboxylic acids is 2. The van der Waals surface area contributed by atoms with Gasteiger partial charge in [0.15, 0.2) is 11.6 Å². The van der Waals surface area contributed by atoms with Gasteiger partial charge in [0.2, 0.25) is 5.91 Å². The number of rotatable bonds is 7. The predicted molar refractivity (Wildman–Crippen MR) is 128 cm³/mol. The second-order valence-electron chi connectivity index (χ2n) is 8.92. The number of amides is 2. The van der Waals surface area contributed by atoms with Crippen molar-refractivity contribution in [3.05, 3.63) is 53.6 Å². The number of halogens is 3. The minimum atomic E-state index is -4.23. The van der Waals surface area contributed by atoms with Crippen LogP contribution in [0.5, 0.6) is 0 Å². The third-order valence-corrected chi connectivity index (χ3v) is 7.67. The largest absolute Gasteiger partial charge is 0.442 e. The molecule has 2 aromatic rings. The predicted octanol–water partition coefficient (Wildman–Crippen LogP) is 3.06. The zero-order valence-corrected chi connectivity index (χ0v) is 20.9. The van der Waals surface area contributed by atoms with E-state index in [0.29, 0.717) is 5.56 Å². The number of carbonyl (C=O) groups is 2. The lowest BCUT2D eigenvalue weighted by atomic mass is 10.0. The second-order valence-corrected chi connectivity index (χ2v) is 10.5. The number of nitrogens with one attached hydrogen (secondary N) is 1. The average Bonchev–Trinajstić information content (AvgIpc) is 3.19. The molecule has 3 atom stereocenters. The summed E-state index contributed by atoms with van der Waals surface area (Å²) in [6.45, 7) is 2.36. The summed E-state index contributed by atoms with van der Waals surface area (Å²) >= 11 is 0. The fourth-order valence-electron chi connectivity index (χ4n) is 4.35. The van der Waals surface area contributed by atoms with Gasteiger partial charge < -0.3 is 15.0 Å². The van der Waals surface area contributed by atoms with Gasteiger partial charge in [-0.3, -0.25) is 13.9 Å². The number of anilines is 2. The molecule has 0 radical (unpaired) electrons.